The second-order valence-electron chi connectivity index (χ2n) is 6.01. The molecule has 0 aliphatic heterocycles. The van der Waals surface area contributed by atoms with E-state index in [4.69, 9.17) is 4.74 Å². The Labute approximate surface area is 172 Å². The van der Waals surface area contributed by atoms with Gasteiger partial charge in [0.1, 0.15) is 17.3 Å². The maximum atomic E-state index is 13.1. The van der Waals surface area contributed by atoms with Crippen molar-refractivity contribution >= 4 is 23.4 Å². The van der Waals surface area contributed by atoms with Gasteiger partial charge in [-0.1, -0.05) is 11.3 Å². The molecule has 0 aliphatic rings. The topological polar surface area (TPSA) is 69.0 Å². The number of carbonyl (C=O) groups excluding carboxylic acids is 1. The molecule has 6 nitrogen and oxygen atoms in total. The van der Waals surface area contributed by atoms with Crippen molar-refractivity contribution in [2.24, 2.45) is 0 Å². The summed E-state index contributed by atoms with van der Waals surface area (Å²) in [4.78, 5) is 13.8. The summed E-state index contributed by atoms with van der Waals surface area (Å²) in [5.74, 6) is 0.562. The Kier molecular flexibility index (Phi) is 7.02. The Morgan fingerprint density at radius 3 is 2.62 bits per heavy atom. The molecule has 3 aromatic rings. The van der Waals surface area contributed by atoms with E-state index in [2.05, 4.69) is 22.2 Å². The molecular weight excluding hydrogens is 391 g/mol. The maximum absolute atomic E-state index is 13.1. The van der Waals surface area contributed by atoms with Gasteiger partial charge in [0.15, 0.2) is 5.69 Å². The molecule has 0 atom stereocenters. The van der Waals surface area contributed by atoms with Crippen LogP contribution in [0.25, 0.3) is 0 Å². The van der Waals surface area contributed by atoms with Gasteiger partial charge in [-0.15, -0.1) is 23.4 Å². The van der Waals surface area contributed by atoms with Gasteiger partial charge in [0, 0.05) is 16.3 Å². The molecule has 0 saturated heterocycles. The van der Waals surface area contributed by atoms with E-state index in [1.54, 1.807) is 42.5 Å². The van der Waals surface area contributed by atoms with Gasteiger partial charge in [-0.05, 0) is 55.5 Å². The van der Waals surface area contributed by atoms with Crippen LogP contribution in [0.3, 0.4) is 0 Å². The summed E-state index contributed by atoms with van der Waals surface area (Å²) in [6.45, 7) is 6.55. The first kappa shape index (κ1) is 20.6. The van der Waals surface area contributed by atoms with Gasteiger partial charge in [0.05, 0.1) is 13.2 Å². The lowest BCUT2D eigenvalue weighted by Gasteiger charge is -2.09. The first-order valence-electron chi connectivity index (χ1n) is 9.06. The first-order valence-corrected chi connectivity index (χ1v) is 10.0. The molecule has 0 unspecified atom stereocenters. The second-order valence-corrected chi connectivity index (χ2v) is 7.06. The summed E-state index contributed by atoms with van der Waals surface area (Å²) >= 11 is 1.45. The predicted octanol–water partition coefficient (Wildman–Crippen LogP) is 4.55. The number of rotatable bonds is 9. The van der Waals surface area contributed by atoms with E-state index in [1.807, 2.05) is 6.92 Å². The number of thioether (sulfide) groups is 1. The molecule has 3 rings (SSSR count). The van der Waals surface area contributed by atoms with Gasteiger partial charge < -0.3 is 10.1 Å². The van der Waals surface area contributed by atoms with E-state index in [0.29, 0.717) is 36.0 Å². The van der Waals surface area contributed by atoms with Gasteiger partial charge in [-0.3, -0.25) is 4.79 Å². The Morgan fingerprint density at radius 2 is 1.97 bits per heavy atom. The number of carbonyl (C=O) groups is 1. The highest BCUT2D eigenvalue weighted by Crippen LogP contribution is 2.24. The van der Waals surface area contributed by atoms with E-state index < -0.39 is 0 Å². The van der Waals surface area contributed by atoms with Crippen LogP contribution in [0.2, 0.25) is 0 Å². The fraction of sp³-hybridized carbons (Fsp3) is 0.190. The summed E-state index contributed by atoms with van der Waals surface area (Å²) < 4.78 is 20.0. The summed E-state index contributed by atoms with van der Waals surface area (Å²) in [5.41, 5.74) is 1.56. The molecule has 1 heterocycles. The van der Waals surface area contributed by atoms with Crippen molar-refractivity contribution in [1.82, 2.24) is 15.0 Å². The third kappa shape index (κ3) is 5.45. The zero-order valence-corrected chi connectivity index (χ0v) is 16.8. The van der Waals surface area contributed by atoms with Crippen LogP contribution in [-0.2, 0) is 12.3 Å². The highest BCUT2D eigenvalue weighted by atomic mass is 32.2. The van der Waals surface area contributed by atoms with Gasteiger partial charge >= 0.3 is 0 Å². The van der Waals surface area contributed by atoms with Crippen LogP contribution in [-0.4, -0.2) is 27.5 Å². The summed E-state index contributed by atoms with van der Waals surface area (Å²) in [7, 11) is 0. The van der Waals surface area contributed by atoms with Crippen molar-refractivity contribution in [2.75, 3.05) is 11.9 Å². The number of amides is 1. The second kappa shape index (κ2) is 9.88. The largest absolute Gasteiger partial charge is 0.494 e. The standard InChI is InChI=1S/C21H21FN4O2S/c1-3-13-26-20(21(27)23-16-7-9-17(10-8-16)28-4-2)19(24-25-26)14-29-18-11-5-15(22)6-12-18/h3,5-12H,1,4,13-14H2,2H3,(H,23,27). The molecule has 2 aromatic carbocycles. The Hall–Kier alpha value is -3.13. The number of nitrogens with one attached hydrogen (secondary N) is 1. The van der Waals surface area contributed by atoms with Crippen molar-refractivity contribution < 1.29 is 13.9 Å². The van der Waals surface area contributed by atoms with Crippen LogP contribution in [0.5, 0.6) is 5.75 Å². The Bertz CT molecular complexity index is 971. The molecule has 1 aromatic heterocycles. The lowest BCUT2D eigenvalue weighted by Crippen LogP contribution is -2.19. The molecule has 150 valence electrons. The minimum Gasteiger partial charge on any atom is -0.494 e. The highest BCUT2D eigenvalue weighted by Gasteiger charge is 2.20. The minimum absolute atomic E-state index is 0.290. The van der Waals surface area contributed by atoms with Crippen LogP contribution in [0.1, 0.15) is 23.1 Å². The third-order valence-corrected chi connectivity index (χ3v) is 4.96. The monoisotopic (exact) mass is 412 g/mol. The van der Waals surface area contributed by atoms with Gasteiger partial charge in [-0.25, -0.2) is 9.07 Å². The van der Waals surface area contributed by atoms with Crippen LogP contribution >= 0.6 is 11.8 Å². The molecular formula is C21H21FN4O2S. The average molecular weight is 412 g/mol. The number of nitrogens with zero attached hydrogens (tertiary/aromatic N) is 3. The fourth-order valence-electron chi connectivity index (χ4n) is 2.62. The summed E-state index contributed by atoms with van der Waals surface area (Å²) in [5, 5.41) is 11.1. The number of halogens is 1. The number of ether oxygens (including phenoxy) is 1. The van der Waals surface area contributed by atoms with Crippen molar-refractivity contribution in [2.45, 2.75) is 24.1 Å². The minimum atomic E-state index is -0.310. The van der Waals surface area contributed by atoms with Gasteiger partial charge in [0.2, 0.25) is 0 Å². The van der Waals surface area contributed by atoms with Crippen LogP contribution in [0.4, 0.5) is 10.1 Å². The van der Waals surface area contributed by atoms with Crippen molar-refractivity contribution in [1.29, 1.82) is 0 Å². The number of aromatic nitrogens is 3. The normalized spacial score (nSPS) is 10.6. The molecule has 1 amide bonds. The SMILES string of the molecule is C=CCn1nnc(CSc2ccc(F)cc2)c1C(=O)Nc1ccc(OCC)cc1. The molecule has 0 aliphatic carbocycles. The zero-order chi connectivity index (χ0) is 20.6. The van der Waals surface area contributed by atoms with Crippen molar-refractivity contribution in [3.8, 4) is 5.75 Å². The lowest BCUT2D eigenvalue weighted by atomic mass is 10.2. The number of benzene rings is 2. The predicted molar refractivity (Wildman–Crippen MR) is 112 cm³/mol. The Morgan fingerprint density at radius 1 is 1.24 bits per heavy atom. The average Bonchev–Trinajstić information content (AvgIpc) is 3.12. The lowest BCUT2D eigenvalue weighted by molar-refractivity contribution is 0.101. The third-order valence-electron chi connectivity index (χ3n) is 3.93. The number of allylic oxidation sites excluding steroid dienone is 1. The molecule has 0 fully saturated rings. The van der Waals surface area contributed by atoms with E-state index >= 15 is 0 Å². The molecule has 0 bridgehead atoms. The highest BCUT2D eigenvalue weighted by molar-refractivity contribution is 7.98. The van der Waals surface area contributed by atoms with E-state index in [0.717, 1.165) is 10.6 Å². The smallest absolute Gasteiger partial charge is 0.275 e. The summed E-state index contributed by atoms with van der Waals surface area (Å²) in [6.07, 6.45) is 1.65. The van der Waals surface area contributed by atoms with Crippen LogP contribution in [0.15, 0.2) is 66.1 Å². The quantitative estimate of drug-likeness (QED) is 0.413. The molecule has 0 radical (unpaired) electrons. The van der Waals surface area contributed by atoms with E-state index in [9.17, 15) is 9.18 Å². The number of hydrogen-bond donors (Lipinski definition) is 1. The van der Waals surface area contributed by atoms with Gasteiger partial charge in [0.25, 0.3) is 5.91 Å². The van der Waals surface area contributed by atoms with Gasteiger partial charge in [-0.2, -0.15) is 0 Å². The van der Waals surface area contributed by atoms with Crippen LogP contribution < -0.4 is 10.1 Å². The van der Waals surface area contributed by atoms with E-state index in [1.165, 1.54) is 28.6 Å². The summed E-state index contributed by atoms with van der Waals surface area (Å²) in [6, 6.07) is 13.3. The molecule has 0 saturated carbocycles. The molecule has 1 N–H and O–H groups in total. The van der Waals surface area contributed by atoms with Crippen LogP contribution in [0, 0.1) is 5.82 Å². The maximum Gasteiger partial charge on any atom is 0.275 e. The van der Waals surface area contributed by atoms with Crippen molar-refractivity contribution in [3.05, 3.63) is 78.4 Å². The van der Waals surface area contributed by atoms with E-state index in [-0.39, 0.29) is 11.7 Å². The Balaban J connectivity index is 1.76. The fourth-order valence-corrected chi connectivity index (χ4v) is 3.44. The molecule has 8 heteroatoms. The zero-order valence-electron chi connectivity index (χ0n) is 16.0. The molecule has 0 spiro atoms. The number of anilines is 1. The number of hydrogen-bond acceptors (Lipinski definition) is 5. The van der Waals surface area contributed by atoms with Crippen molar-refractivity contribution in [3.63, 3.8) is 0 Å². The first-order chi connectivity index (χ1) is 14.1. The molecule has 29 heavy (non-hydrogen) atoms.